The molecule has 1 aromatic heterocycles. The number of fused-ring (bicyclic) bond motifs is 1. The molecular weight excluding hydrogens is 352 g/mol. The fourth-order valence-electron chi connectivity index (χ4n) is 3.57. The number of hydrogen-bond donors (Lipinski definition) is 1. The van der Waals surface area contributed by atoms with Crippen LogP contribution in [0.2, 0.25) is 0 Å². The third kappa shape index (κ3) is 3.63. The minimum Gasteiger partial charge on any atom is -0.496 e. The van der Waals surface area contributed by atoms with E-state index in [4.69, 9.17) is 10.5 Å². The van der Waals surface area contributed by atoms with Crippen LogP contribution in [0.25, 0.3) is 10.9 Å². The Kier molecular flexibility index (Phi) is 5.49. The summed E-state index contributed by atoms with van der Waals surface area (Å²) in [5, 5.41) is 0.961. The molecule has 1 heterocycles. The lowest BCUT2D eigenvalue weighted by Gasteiger charge is -2.25. The molecule has 146 valence electrons. The zero-order valence-electron chi connectivity index (χ0n) is 16.9. The van der Waals surface area contributed by atoms with Crippen molar-refractivity contribution in [2.75, 3.05) is 19.1 Å². The maximum absolute atomic E-state index is 12.1. The molecule has 2 N–H and O–H groups in total. The van der Waals surface area contributed by atoms with Crippen LogP contribution in [0.15, 0.2) is 42.5 Å². The first-order valence-electron chi connectivity index (χ1n) is 9.27. The molecule has 3 aromatic rings. The van der Waals surface area contributed by atoms with Crippen LogP contribution >= 0.6 is 0 Å². The Balaban J connectivity index is 2.15. The molecule has 0 aliphatic heterocycles. The topological polar surface area (TPSA) is 81.3 Å². The molecule has 2 aromatic carbocycles. The van der Waals surface area contributed by atoms with Crippen molar-refractivity contribution in [2.24, 2.45) is 11.7 Å². The number of aromatic nitrogens is 2. The van der Waals surface area contributed by atoms with E-state index in [-0.39, 0.29) is 11.8 Å². The Hall–Kier alpha value is -3.15. The number of rotatable bonds is 6. The molecule has 0 radical (unpaired) electrons. The number of benzene rings is 2. The lowest BCUT2D eigenvalue weighted by molar-refractivity contribution is -0.120. The average Bonchev–Trinajstić information content (AvgIpc) is 2.66. The molecule has 28 heavy (non-hydrogen) atoms. The molecule has 6 nitrogen and oxygen atoms in total. The number of nitrogens with zero attached hydrogens (tertiary/aromatic N) is 3. The molecule has 3 rings (SSSR count). The summed E-state index contributed by atoms with van der Waals surface area (Å²) in [4.78, 5) is 23.3. The van der Waals surface area contributed by atoms with Crippen LogP contribution in [0, 0.1) is 12.8 Å². The molecule has 0 bridgehead atoms. The molecule has 0 fully saturated rings. The molecule has 0 saturated heterocycles. The van der Waals surface area contributed by atoms with Crippen molar-refractivity contribution < 1.29 is 9.53 Å². The number of amides is 1. The summed E-state index contributed by atoms with van der Waals surface area (Å²) in [6.07, 6.45) is 0. The van der Waals surface area contributed by atoms with Crippen LogP contribution in [0.1, 0.15) is 31.2 Å². The summed E-state index contributed by atoms with van der Waals surface area (Å²) in [6, 6.07) is 13.7. The van der Waals surface area contributed by atoms with Gasteiger partial charge in [-0.1, -0.05) is 26.0 Å². The Morgan fingerprint density at radius 2 is 1.86 bits per heavy atom. The average molecular weight is 378 g/mol. The monoisotopic (exact) mass is 378 g/mol. The van der Waals surface area contributed by atoms with Crippen LogP contribution in [0.3, 0.4) is 0 Å². The van der Waals surface area contributed by atoms with E-state index in [9.17, 15) is 4.79 Å². The van der Waals surface area contributed by atoms with Gasteiger partial charge in [-0.05, 0) is 43.2 Å². The molecule has 1 unspecified atom stereocenters. The Morgan fingerprint density at radius 1 is 1.14 bits per heavy atom. The van der Waals surface area contributed by atoms with Gasteiger partial charge >= 0.3 is 0 Å². The third-order valence-electron chi connectivity index (χ3n) is 4.92. The number of nitrogens with two attached hydrogens (primary N) is 1. The van der Waals surface area contributed by atoms with Crippen LogP contribution in [-0.2, 0) is 4.79 Å². The Morgan fingerprint density at radius 3 is 2.50 bits per heavy atom. The first kappa shape index (κ1) is 19.6. The summed E-state index contributed by atoms with van der Waals surface area (Å²) < 4.78 is 5.50. The van der Waals surface area contributed by atoms with Crippen molar-refractivity contribution in [2.45, 2.75) is 26.7 Å². The van der Waals surface area contributed by atoms with E-state index in [1.54, 1.807) is 7.11 Å². The number of methoxy groups -OCH3 is 1. The number of aryl methyl sites for hydroxylation is 1. The fourth-order valence-corrected chi connectivity index (χ4v) is 3.57. The van der Waals surface area contributed by atoms with Gasteiger partial charge in [0.05, 0.1) is 18.5 Å². The summed E-state index contributed by atoms with van der Waals surface area (Å²) in [5.74, 6) is 1.40. The molecular formula is C22H26N4O2. The Labute approximate surface area is 165 Å². The van der Waals surface area contributed by atoms with Gasteiger partial charge in [-0.2, -0.15) is 0 Å². The van der Waals surface area contributed by atoms with Gasteiger partial charge in [-0.15, -0.1) is 0 Å². The number of anilines is 2. The summed E-state index contributed by atoms with van der Waals surface area (Å²) in [6.45, 7) is 5.84. The van der Waals surface area contributed by atoms with Gasteiger partial charge < -0.3 is 15.4 Å². The number of hydrogen-bond acceptors (Lipinski definition) is 5. The van der Waals surface area contributed by atoms with Crippen LogP contribution in [0.5, 0.6) is 5.75 Å². The molecule has 0 aliphatic rings. The summed E-state index contributed by atoms with van der Waals surface area (Å²) in [5.41, 5.74) is 8.26. The number of para-hydroxylation sites is 1. The van der Waals surface area contributed by atoms with Gasteiger partial charge in [0.2, 0.25) is 5.91 Å². The first-order chi connectivity index (χ1) is 13.3. The second-order valence-electron chi connectivity index (χ2n) is 7.22. The van der Waals surface area contributed by atoms with Gasteiger partial charge in [0.15, 0.2) is 0 Å². The maximum atomic E-state index is 12.1. The molecule has 0 saturated carbocycles. The highest BCUT2D eigenvalue weighted by atomic mass is 16.5. The van der Waals surface area contributed by atoms with Gasteiger partial charge in [0.25, 0.3) is 0 Å². The van der Waals surface area contributed by atoms with E-state index >= 15 is 0 Å². The molecule has 0 aliphatic carbocycles. The van der Waals surface area contributed by atoms with Crippen LogP contribution in [-0.4, -0.2) is 30.0 Å². The second kappa shape index (κ2) is 7.84. The van der Waals surface area contributed by atoms with Gasteiger partial charge in [0, 0.05) is 23.7 Å². The maximum Gasteiger partial charge on any atom is 0.225 e. The second-order valence-corrected chi connectivity index (χ2v) is 7.22. The smallest absolute Gasteiger partial charge is 0.225 e. The van der Waals surface area contributed by atoms with Crippen molar-refractivity contribution in [3.8, 4) is 5.75 Å². The zero-order valence-corrected chi connectivity index (χ0v) is 16.9. The SMILES string of the molecule is COc1ccc(N(C)c2nc(C)nc3ccccc23)cc1C(C(N)=O)C(C)C. The number of primary amides is 1. The van der Waals surface area contributed by atoms with Crippen molar-refractivity contribution in [3.05, 3.63) is 53.9 Å². The van der Waals surface area contributed by atoms with Crippen molar-refractivity contribution in [1.29, 1.82) is 0 Å². The highest BCUT2D eigenvalue weighted by Gasteiger charge is 2.26. The lowest BCUT2D eigenvalue weighted by Crippen LogP contribution is -2.26. The van der Waals surface area contributed by atoms with E-state index < -0.39 is 5.92 Å². The molecule has 1 amide bonds. The molecule has 6 heteroatoms. The molecule has 0 spiro atoms. The van der Waals surface area contributed by atoms with Gasteiger partial charge in [0.1, 0.15) is 17.4 Å². The third-order valence-corrected chi connectivity index (χ3v) is 4.92. The predicted molar refractivity (Wildman–Crippen MR) is 112 cm³/mol. The van der Waals surface area contributed by atoms with E-state index in [1.165, 1.54) is 0 Å². The number of ether oxygens (including phenoxy) is 1. The van der Waals surface area contributed by atoms with E-state index in [2.05, 4.69) is 9.97 Å². The summed E-state index contributed by atoms with van der Waals surface area (Å²) in [7, 11) is 3.55. The zero-order chi connectivity index (χ0) is 20.4. The lowest BCUT2D eigenvalue weighted by atomic mass is 9.87. The summed E-state index contributed by atoms with van der Waals surface area (Å²) >= 11 is 0. The number of carbonyl (C=O) groups excluding carboxylic acids is 1. The quantitative estimate of drug-likeness (QED) is 0.703. The van der Waals surface area contributed by atoms with E-state index in [0.717, 1.165) is 28.0 Å². The van der Waals surface area contributed by atoms with Gasteiger partial charge in [-0.25, -0.2) is 9.97 Å². The highest BCUT2D eigenvalue weighted by Crippen LogP contribution is 2.37. The van der Waals surface area contributed by atoms with Crippen LogP contribution < -0.4 is 15.4 Å². The predicted octanol–water partition coefficient (Wildman–Crippen LogP) is 3.94. The number of carbonyl (C=O) groups is 1. The van der Waals surface area contributed by atoms with E-state index in [1.807, 2.05) is 75.2 Å². The van der Waals surface area contributed by atoms with Crippen molar-refractivity contribution in [3.63, 3.8) is 0 Å². The first-order valence-corrected chi connectivity index (χ1v) is 9.27. The van der Waals surface area contributed by atoms with Crippen LogP contribution in [0.4, 0.5) is 11.5 Å². The normalized spacial score (nSPS) is 12.2. The largest absolute Gasteiger partial charge is 0.496 e. The van der Waals surface area contributed by atoms with E-state index in [0.29, 0.717) is 11.6 Å². The van der Waals surface area contributed by atoms with Crippen molar-refractivity contribution in [1.82, 2.24) is 9.97 Å². The molecule has 1 atom stereocenters. The Bertz CT molecular complexity index is 1020. The minimum absolute atomic E-state index is 0.0501. The standard InChI is InChI=1S/C22H26N4O2/c1-13(2)20(21(23)27)17-12-15(10-11-19(17)28-5)26(4)22-16-8-6-7-9-18(16)24-14(3)25-22/h6-13,20H,1-5H3,(H2,23,27). The van der Waals surface area contributed by atoms with Gasteiger partial charge in [-0.3, -0.25) is 4.79 Å². The minimum atomic E-state index is -0.438. The fraction of sp³-hybridized carbons (Fsp3) is 0.318. The highest BCUT2D eigenvalue weighted by molar-refractivity contribution is 5.91. The van der Waals surface area contributed by atoms with Crippen molar-refractivity contribution >= 4 is 28.3 Å².